The maximum absolute atomic E-state index is 13.7. The monoisotopic (exact) mass is 477 g/mol. The third-order valence-electron chi connectivity index (χ3n) is 6.18. The molecule has 1 aromatic heterocycles. The molecule has 2 aromatic carbocycles. The molecule has 0 radical (unpaired) electrons. The number of benzene rings is 2. The minimum Gasteiger partial charge on any atom is -0.486 e. The van der Waals surface area contributed by atoms with Crippen molar-refractivity contribution in [1.82, 2.24) is 14.9 Å². The molecule has 0 aliphatic carbocycles. The Morgan fingerprint density at radius 3 is 2.91 bits per heavy atom. The van der Waals surface area contributed by atoms with Crippen molar-refractivity contribution in [2.24, 2.45) is 0 Å². The molecule has 9 heteroatoms. The number of anilines is 3. The zero-order valence-electron chi connectivity index (χ0n) is 19.6. The van der Waals surface area contributed by atoms with Crippen molar-refractivity contribution in [2.75, 3.05) is 43.5 Å². The summed E-state index contributed by atoms with van der Waals surface area (Å²) in [6.07, 6.45) is 6.77. The van der Waals surface area contributed by atoms with Crippen molar-refractivity contribution in [2.45, 2.75) is 25.9 Å². The lowest BCUT2D eigenvalue weighted by molar-refractivity contribution is -0.111. The molecule has 1 amide bonds. The average molecular weight is 478 g/mol. The molecule has 182 valence electrons. The highest BCUT2D eigenvalue weighted by Gasteiger charge is 2.21. The standard InChI is InChI=1S/C26H28FN5O3/c1-17-12-18(5-6-21(17)27)30-26-20-13-23(31-25(33)4-2-8-32-9-3-10-32)24(14-22(20)28-16-29-26)35-19-7-11-34-15-19/h2,4-6,12-14,16,19H,3,7-11,15H2,1H3,(H,31,33)(H,28,29,30)/b4-2+. The van der Waals surface area contributed by atoms with E-state index in [2.05, 4.69) is 25.5 Å². The van der Waals surface area contributed by atoms with E-state index in [1.165, 1.54) is 18.8 Å². The summed E-state index contributed by atoms with van der Waals surface area (Å²) in [6.45, 7) is 5.75. The van der Waals surface area contributed by atoms with Gasteiger partial charge in [0.25, 0.3) is 0 Å². The normalized spacial score (nSPS) is 18.1. The van der Waals surface area contributed by atoms with Crippen LogP contribution >= 0.6 is 0 Å². The first kappa shape index (κ1) is 23.2. The topological polar surface area (TPSA) is 88.6 Å². The van der Waals surface area contributed by atoms with E-state index in [4.69, 9.17) is 9.47 Å². The van der Waals surface area contributed by atoms with Crippen molar-refractivity contribution in [3.63, 3.8) is 0 Å². The Kier molecular flexibility index (Phi) is 6.87. The number of hydrogen-bond donors (Lipinski definition) is 2. The van der Waals surface area contributed by atoms with Crippen molar-refractivity contribution < 1.29 is 18.7 Å². The van der Waals surface area contributed by atoms with Gasteiger partial charge in [-0.05, 0) is 56.3 Å². The Labute approximate surface area is 203 Å². The van der Waals surface area contributed by atoms with Gasteiger partial charge in [-0.25, -0.2) is 14.4 Å². The summed E-state index contributed by atoms with van der Waals surface area (Å²) < 4.78 is 25.3. The Bertz CT molecular complexity index is 1260. The summed E-state index contributed by atoms with van der Waals surface area (Å²) in [5.41, 5.74) is 2.41. The van der Waals surface area contributed by atoms with Gasteiger partial charge in [0.15, 0.2) is 0 Å². The van der Waals surface area contributed by atoms with E-state index >= 15 is 0 Å². The first-order valence-corrected chi connectivity index (χ1v) is 11.8. The van der Waals surface area contributed by atoms with Crippen molar-refractivity contribution in [3.05, 3.63) is 60.2 Å². The Morgan fingerprint density at radius 1 is 1.29 bits per heavy atom. The zero-order chi connectivity index (χ0) is 24.2. The molecule has 2 fully saturated rings. The van der Waals surface area contributed by atoms with Gasteiger partial charge in [0.2, 0.25) is 5.91 Å². The van der Waals surface area contributed by atoms with Gasteiger partial charge in [-0.3, -0.25) is 9.69 Å². The quantitative estimate of drug-likeness (QED) is 0.471. The van der Waals surface area contributed by atoms with Crippen LogP contribution in [0.3, 0.4) is 0 Å². The maximum Gasteiger partial charge on any atom is 0.248 e. The fourth-order valence-electron chi connectivity index (χ4n) is 4.07. The van der Waals surface area contributed by atoms with E-state index in [-0.39, 0.29) is 17.8 Å². The van der Waals surface area contributed by atoms with Gasteiger partial charge in [-0.1, -0.05) is 6.08 Å². The van der Waals surface area contributed by atoms with Gasteiger partial charge in [-0.2, -0.15) is 0 Å². The number of carbonyl (C=O) groups is 1. The van der Waals surface area contributed by atoms with Crippen LogP contribution in [-0.2, 0) is 9.53 Å². The van der Waals surface area contributed by atoms with Gasteiger partial charge < -0.3 is 20.1 Å². The highest BCUT2D eigenvalue weighted by Crippen LogP contribution is 2.34. The smallest absolute Gasteiger partial charge is 0.248 e. The van der Waals surface area contributed by atoms with Crippen LogP contribution in [0, 0.1) is 12.7 Å². The second-order valence-corrected chi connectivity index (χ2v) is 8.83. The number of hydrogen-bond acceptors (Lipinski definition) is 7. The van der Waals surface area contributed by atoms with Crippen LogP contribution < -0.4 is 15.4 Å². The molecule has 8 nitrogen and oxygen atoms in total. The number of ether oxygens (including phenoxy) is 2. The van der Waals surface area contributed by atoms with Crippen LogP contribution in [0.25, 0.3) is 10.9 Å². The predicted molar refractivity (Wildman–Crippen MR) is 133 cm³/mol. The summed E-state index contributed by atoms with van der Waals surface area (Å²) in [6, 6.07) is 8.39. The van der Waals surface area contributed by atoms with Crippen LogP contribution in [0.5, 0.6) is 5.75 Å². The second-order valence-electron chi connectivity index (χ2n) is 8.83. The number of amides is 1. The lowest BCUT2D eigenvalue weighted by Crippen LogP contribution is -2.37. The number of likely N-dealkylation sites (tertiary alicyclic amines) is 1. The lowest BCUT2D eigenvalue weighted by Gasteiger charge is -2.29. The molecule has 2 aliphatic heterocycles. The van der Waals surface area contributed by atoms with Gasteiger partial charge in [-0.15, -0.1) is 0 Å². The minimum absolute atomic E-state index is 0.0910. The highest BCUT2D eigenvalue weighted by molar-refractivity contribution is 6.03. The molecule has 1 atom stereocenters. The molecule has 3 aromatic rings. The van der Waals surface area contributed by atoms with Crippen LogP contribution in [-0.4, -0.2) is 59.7 Å². The number of halogens is 1. The molecule has 35 heavy (non-hydrogen) atoms. The SMILES string of the molecule is Cc1cc(Nc2ncnc3cc(OC4CCOC4)c(NC(=O)/C=C/CN4CCC4)cc23)ccc1F. The number of aryl methyl sites for hydroxylation is 1. The molecule has 0 spiro atoms. The maximum atomic E-state index is 13.7. The Morgan fingerprint density at radius 2 is 2.17 bits per heavy atom. The van der Waals surface area contributed by atoms with Crippen LogP contribution in [0.2, 0.25) is 0 Å². The molecular weight excluding hydrogens is 449 g/mol. The van der Waals surface area contributed by atoms with E-state index in [0.717, 1.165) is 26.1 Å². The molecule has 5 rings (SSSR count). The van der Waals surface area contributed by atoms with Gasteiger partial charge in [0, 0.05) is 36.2 Å². The molecule has 0 saturated carbocycles. The summed E-state index contributed by atoms with van der Waals surface area (Å²) in [4.78, 5) is 23.7. The van der Waals surface area contributed by atoms with E-state index in [1.807, 2.05) is 6.08 Å². The van der Waals surface area contributed by atoms with Gasteiger partial charge in [0.05, 0.1) is 24.4 Å². The van der Waals surface area contributed by atoms with E-state index in [1.54, 1.807) is 37.3 Å². The summed E-state index contributed by atoms with van der Waals surface area (Å²) >= 11 is 0. The first-order valence-electron chi connectivity index (χ1n) is 11.8. The third-order valence-corrected chi connectivity index (χ3v) is 6.18. The number of rotatable bonds is 8. The first-order chi connectivity index (χ1) is 17.0. The average Bonchev–Trinajstić information content (AvgIpc) is 3.32. The number of carbonyl (C=O) groups excluding carboxylic acids is 1. The number of nitrogens with zero attached hydrogens (tertiary/aromatic N) is 3. The number of fused-ring (bicyclic) bond motifs is 1. The fourth-order valence-corrected chi connectivity index (χ4v) is 4.07. The summed E-state index contributed by atoms with van der Waals surface area (Å²) in [5, 5.41) is 6.89. The number of nitrogens with one attached hydrogen (secondary N) is 2. The summed E-state index contributed by atoms with van der Waals surface area (Å²) in [5.74, 6) is 0.561. The lowest BCUT2D eigenvalue weighted by atomic mass is 10.1. The predicted octanol–water partition coefficient (Wildman–Crippen LogP) is 4.19. The zero-order valence-corrected chi connectivity index (χ0v) is 19.6. The molecule has 0 bridgehead atoms. The second kappa shape index (κ2) is 10.4. The third kappa shape index (κ3) is 5.58. The molecule has 2 saturated heterocycles. The van der Waals surface area contributed by atoms with E-state index < -0.39 is 0 Å². The van der Waals surface area contributed by atoms with E-state index in [9.17, 15) is 9.18 Å². The number of aromatic nitrogens is 2. The molecular formula is C26H28FN5O3. The summed E-state index contributed by atoms with van der Waals surface area (Å²) in [7, 11) is 0. The molecule has 3 heterocycles. The van der Waals surface area contributed by atoms with Gasteiger partial charge in [0.1, 0.15) is 29.8 Å². The Hall–Kier alpha value is -3.56. The molecule has 1 unspecified atom stereocenters. The van der Waals surface area contributed by atoms with Crippen LogP contribution in [0.1, 0.15) is 18.4 Å². The largest absolute Gasteiger partial charge is 0.486 e. The highest BCUT2D eigenvalue weighted by atomic mass is 19.1. The molecule has 2 N–H and O–H groups in total. The van der Waals surface area contributed by atoms with E-state index in [0.29, 0.717) is 52.6 Å². The Balaban J connectivity index is 1.44. The van der Waals surface area contributed by atoms with Crippen molar-refractivity contribution in [3.8, 4) is 5.75 Å². The van der Waals surface area contributed by atoms with Crippen LogP contribution in [0.15, 0.2) is 48.8 Å². The molecule has 2 aliphatic rings. The van der Waals surface area contributed by atoms with Gasteiger partial charge >= 0.3 is 0 Å². The van der Waals surface area contributed by atoms with Crippen molar-refractivity contribution in [1.29, 1.82) is 0 Å². The minimum atomic E-state index is -0.270. The van der Waals surface area contributed by atoms with Crippen LogP contribution in [0.4, 0.5) is 21.6 Å². The van der Waals surface area contributed by atoms with Crippen molar-refractivity contribution >= 4 is 34.0 Å². The fraction of sp³-hybridized carbons (Fsp3) is 0.346.